The molecule has 0 aliphatic carbocycles. The number of carbonyl (C=O) groups excluding carboxylic acids is 1. The van der Waals surface area contributed by atoms with Gasteiger partial charge in [0.15, 0.2) is 0 Å². The molecule has 134 valence electrons. The van der Waals surface area contributed by atoms with Crippen LogP contribution in [0.15, 0.2) is 46.1 Å². The van der Waals surface area contributed by atoms with Gasteiger partial charge in [0.25, 0.3) is 11.5 Å². The Morgan fingerprint density at radius 2 is 2.00 bits per heavy atom. The first kappa shape index (κ1) is 18.8. The summed E-state index contributed by atoms with van der Waals surface area (Å²) in [6, 6.07) is 7.67. The normalized spacial score (nSPS) is 11.3. The second kappa shape index (κ2) is 7.58. The number of carbonyl (C=O) groups is 1. The fraction of sp³-hybridized carbons (Fsp3) is 0.250. The van der Waals surface area contributed by atoms with Crippen molar-refractivity contribution in [1.82, 2.24) is 9.88 Å². The van der Waals surface area contributed by atoms with Crippen LogP contribution in [-0.2, 0) is 16.6 Å². The SMILES string of the molecule is Cc1cccc(=O)n1CCCNC(=O)c1cc(S(N)(=O)=O)ccc1F. The Bertz CT molecular complexity index is 954. The number of rotatable bonds is 6. The van der Waals surface area contributed by atoms with Gasteiger partial charge in [-0.05, 0) is 37.6 Å². The van der Waals surface area contributed by atoms with Crippen molar-refractivity contribution in [2.45, 2.75) is 24.8 Å². The molecular formula is C16H18FN3O4S. The van der Waals surface area contributed by atoms with E-state index in [1.807, 2.05) is 0 Å². The Morgan fingerprint density at radius 1 is 1.28 bits per heavy atom. The molecule has 0 aliphatic rings. The van der Waals surface area contributed by atoms with Crippen LogP contribution in [0.4, 0.5) is 4.39 Å². The average molecular weight is 367 g/mol. The number of primary sulfonamides is 1. The number of nitrogens with one attached hydrogen (secondary N) is 1. The van der Waals surface area contributed by atoms with Gasteiger partial charge in [0.1, 0.15) is 5.82 Å². The molecule has 1 aromatic heterocycles. The lowest BCUT2D eigenvalue weighted by Gasteiger charge is -2.10. The van der Waals surface area contributed by atoms with Crippen molar-refractivity contribution in [3.8, 4) is 0 Å². The van der Waals surface area contributed by atoms with Gasteiger partial charge >= 0.3 is 0 Å². The maximum atomic E-state index is 13.7. The number of nitrogens with zero attached hydrogens (tertiary/aromatic N) is 1. The number of hydrogen-bond acceptors (Lipinski definition) is 4. The molecule has 2 rings (SSSR count). The first-order chi connectivity index (χ1) is 11.7. The first-order valence-corrected chi connectivity index (χ1v) is 9.02. The summed E-state index contributed by atoms with van der Waals surface area (Å²) in [5.74, 6) is -1.60. The van der Waals surface area contributed by atoms with Crippen molar-refractivity contribution >= 4 is 15.9 Å². The number of hydrogen-bond donors (Lipinski definition) is 2. The summed E-state index contributed by atoms with van der Waals surface area (Å²) in [5, 5.41) is 7.47. The van der Waals surface area contributed by atoms with Crippen molar-refractivity contribution in [2.75, 3.05) is 6.54 Å². The van der Waals surface area contributed by atoms with Crippen LogP contribution in [0.3, 0.4) is 0 Å². The summed E-state index contributed by atoms with van der Waals surface area (Å²) >= 11 is 0. The lowest BCUT2D eigenvalue weighted by atomic mass is 10.2. The number of aryl methyl sites for hydroxylation is 1. The molecule has 0 unspecified atom stereocenters. The van der Waals surface area contributed by atoms with E-state index in [-0.39, 0.29) is 17.0 Å². The Morgan fingerprint density at radius 3 is 2.64 bits per heavy atom. The van der Waals surface area contributed by atoms with E-state index >= 15 is 0 Å². The molecule has 25 heavy (non-hydrogen) atoms. The van der Waals surface area contributed by atoms with E-state index in [2.05, 4.69) is 5.32 Å². The zero-order valence-electron chi connectivity index (χ0n) is 13.5. The van der Waals surface area contributed by atoms with Crippen LogP contribution in [0.2, 0.25) is 0 Å². The molecule has 1 amide bonds. The number of sulfonamides is 1. The highest BCUT2D eigenvalue weighted by Gasteiger charge is 2.16. The smallest absolute Gasteiger partial charge is 0.254 e. The van der Waals surface area contributed by atoms with Crippen molar-refractivity contribution in [2.24, 2.45) is 5.14 Å². The lowest BCUT2D eigenvalue weighted by Crippen LogP contribution is -2.28. The largest absolute Gasteiger partial charge is 0.352 e. The van der Waals surface area contributed by atoms with Gasteiger partial charge in [0.2, 0.25) is 10.0 Å². The molecule has 0 spiro atoms. The van der Waals surface area contributed by atoms with Crippen LogP contribution < -0.4 is 16.0 Å². The topological polar surface area (TPSA) is 111 Å². The number of benzene rings is 1. The minimum Gasteiger partial charge on any atom is -0.352 e. The molecule has 7 nitrogen and oxygen atoms in total. The van der Waals surface area contributed by atoms with Crippen LogP contribution in [0.5, 0.6) is 0 Å². The fourth-order valence-electron chi connectivity index (χ4n) is 2.30. The van der Waals surface area contributed by atoms with Gasteiger partial charge in [-0.3, -0.25) is 9.59 Å². The summed E-state index contributed by atoms with van der Waals surface area (Å²) < 4.78 is 37.9. The molecule has 0 saturated carbocycles. The van der Waals surface area contributed by atoms with Crippen molar-refractivity contribution in [1.29, 1.82) is 0 Å². The predicted molar refractivity (Wildman–Crippen MR) is 90.2 cm³/mol. The van der Waals surface area contributed by atoms with Gasteiger partial charge in [0, 0.05) is 24.8 Å². The van der Waals surface area contributed by atoms with Gasteiger partial charge < -0.3 is 9.88 Å². The van der Waals surface area contributed by atoms with Crippen LogP contribution in [-0.4, -0.2) is 25.4 Å². The molecule has 3 N–H and O–H groups in total. The third kappa shape index (κ3) is 4.74. The monoisotopic (exact) mass is 367 g/mol. The molecule has 0 fully saturated rings. The summed E-state index contributed by atoms with van der Waals surface area (Å²) in [5.41, 5.74) is 0.253. The lowest BCUT2D eigenvalue weighted by molar-refractivity contribution is 0.0948. The maximum Gasteiger partial charge on any atom is 0.254 e. The molecule has 0 bridgehead atoms. The van der Waals surface area contributed by atoms with Crippen LogP contribution in [0, 0.1) is 12.7 Å². The molecule has 9 heteroatoms. The molecule has 1 heterocycles. The Hall–Kier alpha value is -2.52. The number of amides is 1. The minimum atomic E-state index is -4.03. The predicted octanol–water partition coefficient (Wildman–Crippen LogP) is 0.763. The molecule has 0 saturated heterocycles. The van der Waals surface area contributed by atoms with Crippen LogP contribution in [0.1, 0.15) is 22.5 Å². The van der Waals surface area contributed by atoms with Crippen molar-refractivity contribution < 1.29 is 17.6 Å². The zero-order chi connectivity index (χ0) is 18.6. The number of nitrogens with two attached hydrogens (primary N) is 1. The van der Waals surface area contributed by atoms with E-state index in [1.165, 1.54) is 6.07 Å². The molecule has 1 aromatic carbocycles. The van der Waals surface area contributed by atoms with E-state index in [0.29, 0.717) is 13.0 Å². The molecule has 0 atom stereocenters. The van der Waals surface area contributed by atoms with Crippen LogP contribution >= 0.6 is 0 Å². The Labute approximate surface area is 144 Å². The summed E-state index contributed by atoms with van der Waals surface area (Å²) in [7, 11) is -4.03. The van der Waals surface area contributed by atoms with E-state index in [0.717, 1.165) is 23.9 Å². The van der Waals surface area contributed by atoms with E-state index in [4.69, 9.17) is 5.14 Å². The zero-order valence-corrected chi connectivity index (χ0v) is 14.3. The highest BCUT2D eigenvalue weighted by atomic mass is 32.2. The van der Waals surface area contributed by atoms with Gasteiger partial charge in [-0.2, -0.15) is 0 Å². The second-order valence-corrected chi connectivity index (χ2v) is 7.01. The van der Waals surface area contributed by atoms with E-state index in [9.17, 15) is 22.4 Å². The third-order valence-electron chi connectivity index (χ3n) is 3.62. The standard InChI is InChI=1S/C16H18FN3O4S/c1-11-4-2-5-15(21)20(11)9-3-8-19-16(22)13-10-12(25(18,23)24)6-7-14(13)17/h2,4-7,10H,3,8-9H2,1H3,(H,19,22)(H2,18,23,24). The fourth-order valence-corrected chi connectivity index (χ4v) is 2.84. The minimum absolute atomic E-state index is 0.141. The number of pyridine rings is 1. The number of aromatic nitrogens is 1. The average Bonchev–Trinajstić information content (AvgIpc) is 2.52. The third-order valence-corrected chi connectivity index (χ3v) is 4.53. The van der Waals surface area contributed by atoms with E-state index < -0.39 is 27.3 Å². The Kier molecular flexibility index (Phi) is 5.70. The number of halogens is 1. The van der Waals surface area contributed by atoms with E-state index in [1.54, 1.807) is 23.6 Å². The molecule has 0 radical (unpaired) electrons. The second-order valence-electron chi connectivity index (χ2n) is 5.45. The summed E-state index contributed by atoms with van der Waals surface area (Å²) in [6.45, 7) is 2.39. The Balaban J connectivity index is 2.00. The molecular weight excluding hydrogens is 349 g/mol. The summed E-state index contributed by atoms with van der Waals surface area (Å²) in [6.07, 6.45) is 0.451. The first-order valence-electron chi connectivity index (χ1n) is 7.47. The van der Waals surface area contributed by atoms with Gasteiger partial charge in [-0.25, -0.2) is 17.9 Å². The highest BCUT2D eigenvalue weighted by molar-refractivity contribution is 7.89. The highest BCUT2D eigenvalue weighted by Crippen LogP contribution is 2.14. The van der Waals surface area contributed by atoms with Gasteiger partial charge in [-0.1, -0.05) is 6.07 Å². The summed E-state index contributed by atoms with van der Waals surface area (Å²) in [4.78, 5) is 23.4. The maximum absolute atomic E-state index is 13.7. The van der Waals surface area contributed by atoms with Crippen molar-refractivity contribution in [3.63, 3.8) is 0 Å². The van der Waals surface area contributed by atoms with Gasteiger partial charge in [-0.15, -0.1) is 0 Å². The van der Waals surface area contributed by atoms with Crippen molar-refractivity contribution in [3.05, 3.63) is 63.8 Å². The van der Waals surface area contributed by atoms with Gasteiger partial charge in [0.05, 0.1) is 10.5 Å². The molecule has 2 aromatic rings. The quantitative estimate of drug-likeness (QED) is 0.734. The molecule has 0 aliphatic heterocycles. The van der Waals surface area contributed by atoms with Crippen LogP contribution in [0.25, 0.3) is 0 Å².